The van der Waals surface area contributed by atoms with Crippen LogP contribution in [0.25, 0.3) is 0 Å². The molecule has 0 radical (unpaired) electrons. The maximum Gasteiger partial charge on any atom is 0.252 e. The van der Waals surface area contributed by atoms with E-state index in [1.54, 1.807) is 6.07 Å². The molecule has 17 heavy (non-hydrogen) atoms. The summed E-state index contributed by atoms with van der Waals surface area (Å²) in [5.41, 5.74) is 1.68. The highest BCUT2D eigenvalue weighted by atomic mass is 79.9. The summed E-state index contributed by atoms with van der Waals surface area (Å²) >= 11 is 3.36. The summed E-state index contributed by atoms with van der Waals surface area (Å²) < 4.78 is 0.803. The number of nitrogens with one attached hydrogen (secondary N) is 2. The van der Waals surface area contributed by atoms with Crippen LogP contribution in [0.2, 0.25) is 0 Å². The van der Waals surface area contributed by atoms with Gasteiger partial charge in [-0.25, -0.2) is 4.98 Å². The Labute approximate surface area is 108 Å². The van der Waals surface area contributed by atoms with Crippen LogP contribution in [-0.4, -0.2) is 5.91 Å². The molecule has 1 aromatic carbocycles. The van der Waals surface area contributed by atoms with E-state index in [0.29, 0.717) is 12.1 Å². The number of aromatic nitrogens is 1. The van der Waals surface area contributed by atoms with Crippen molar-refractivity contribution in [1.82, 2.24) is 5.32 Å². The Morgan fingerprint density at radius 3 is 2.76 bits per heavy atom. The zero-order chi connectivity index (χ0) is 12.1. The number of aromatic amines is 1. The fourth-order valence-corrected chi connectivity index (χ4v) is 1.93. The minimum atomic E-state index is -0.0821. The number of H-pyrrole nitrogens is 1. The van der Waals surface area contributed by atoms with Gasteiger partial charge in [0.25, 0.3) is 5.91 Å². The van der Waals surface area contributed by atoms with Crippen molar-refractivity contribution in [1.29, 1.82) is 0 Å². The molecule has 0 saturated heterocycles. The molecule has 0 unspecified atom stereocenters. The van der Waals surface area contributed by atoms with Crippen molar-refractivity contribution in [3.8, 4) is 0 Å². The predicted octanol–water partition coefficient (Wildman–Crippen LogP) is 2.19. The summed E-state index contributed by atoms with van der Waals surface area (Å²) in [6.45, 7) is 0.511. The molecule has 3 nitrogen and oxygen atoms in total. The molecule has 2 rings (SSSR count). The van der Waals surface area contributed by atoms with Crippen LogP contribution in [0.3, 0.4) is 0 Å². The van der Waals surface area contributed by atoms with Crippen molar-refractivity contribution in [3.05, 3.63) is 64.4 Å². The van der Waals surface area contributed by atoms with Crippen molar-refractivity contribution in [2.24, 2.45) is 0 Å². The lowest BCUT2D eigenvalue weighted by molar-refractivity contribution is -0.378. The van der Waals surface area contributed by atoms with Gasteiger partial charge in [-0.2, -0.15) is 0 Å². The SMILES string of the molecule is O=C(NCc1ccc[nH+]c1)c1ccccc1Br. The van der Waals surface area contributed by atoms with Gasteiger partial charge in [-0.1, -0.05) is 12.1 Å². The van der Waals surface area contributed by atoms with Gasteiger partial charge in [-0.15, -0.1) is 0 Å². The molecular formula is C13H12BrN2O+. The number of hydrogen-bond donors (Lipinski definition) is 1. The van der Waals surface area contributed by atoms with Crippen molar-refractivity contribution >= 4 is 21.8 Å². The average Bonchev–Trinajstić information content (AvgIpc) is 2.38. The maximum absolute atomic E-state index is 11.9. The van der Waals surface area contributed by atoms with Gasteiger partial charge in [-0.05, 0) is 34.1 Å². The zero-order valence-corrected chi connectivity index (χ0v) is 10.7. The van der Waals surface area contributed by atoms with E-state index in [1.807, 2.05) is 42.7 Å². The fraction of sp³-hybridized carbons (Fsp3) is 0.0769. The number of pyridine rings is 1. The second-order valence-corrected chi connectivity index (χ2v) is 4.43. The van der Waals surface area contributed by atoms with Crippen molar-refractivity contribution in [2.45, 2.75) is 6.54 Å². The van der Waals surface area contributed by atoms with Crippen LogP contribution < -0.4 is 10.3 Å². The van der Waals surface area contributed by atoms with Gasteiger partial charge in [0.2, 0.25) is 0 Å². The molecule has 0 aliphatic carbocycles. The molecule has 0 aliphatic heterocycles. The van der Waals surface area contributed by atoms with Crippen LogP contribution in [0.5, 0.6) is 0 Å². The van der Waals surface area contributed by atoms with Crippen molar-refractivity contribution in [3.63, 3.8) is 0 Å². The summed E-state index contributed by atoms with van der Waals surface area (Å²) in [5.74, 6) is -0.0821. The van der Waals surface area contributed by atoms with Crippen LogP contribution in [0.4, 0.5) is 0 Å². The Balaban J connectivity index is 2.01. The quantitative estimate of drug-likeness (QED) is 0.926. The summed E-state index contributed by atoms with van der Waals surface area (Å²) in [4.78, 5) is 14.9. The largest absolute Gasteiger partial charge is 0.348 e. The highest BCUT2D eigenvalue weighted by molar-refractivity contribution is 9.10. The lowest BCUT2D eigenvalue weighted by Crippen LogP contribution is -2.23. The third kappa shape index (κ3) is 3.14. The Morgan fingerprint density at radius 1 is 1.24 bits per heavy atom. The number of amides is 1. The second kappa shape index (κ2) is 5.59. The smallest absolute Gasteiger partial charge is 0.252 e. The third-order valence-corrected chi connectivity index (χ3v) is 3.03. The van der Waals surface area contributed by atoms with Crippen LogP contribution in [0.1, 0.15) is 15.9 Å². The molecule has 0 fully saturated rings. The van der Waals surface area contributed by atoms with E-state index < -0.39 is 0 Å². The molecule has 1 amide bonds. The number of rotatable bonds is 3. The van der Waals surface area contributed by atoms with Crippen LogP contribution in [0, 0.1) is 0 Å². The second-order valence-electron chi connectivity index (χ2n) is 3.57. The van der Waals surface area contributed by atoms with Gasteiger partial charge in [0.1, 0.15) is 0 Å². The van der Waals surface area contributed by atoms with Gasteiger partial charge in [0.05, 0.1) is 5.56 Å². The molecule has 0 aliphatic rings. The van der Waals surface area contributed by atoms with Crippen LogP contribution in [-0.2, 0) is 6.54 Å². The monoisotopic (exact) mass is 291 g/mol. The molecule has 0 atom stereocenters. The molecular weight excluding hydrogens is 280 g/mol. The van der Waals surface area contributed by atoms with E-state index >= 15 is 0 Å². The van der Waals surface area contributed by atoms with E-state index in [9.17, 15) is 4.79 Å². The van der Waals surface area contributed by atoms with E-state index in [2.05, 4.69) is 26.2 Å². The first-order valence-electron chi connectivity index (χ1n) is 5.25. The normalized spacial score (nSPS) is 9.94. The van der Waals surface area contributed by atoms with Gasteiger partial charge >= 0.3 is 0 Å². The first-order valence-corrected chi connectivity index (χ1v) is 6.04. The number of carbonyl (C=O) groups excluding carboxylic acids is 1. The van der Waals surface area contributed by atoms with Gasteiger partial charge in [0, 0.05) is 22.6 Å². The molecule has 86 valence electrons. The number of carbonyl (C=O) groups is 1. The molecule has 0 saturated carbocycles. The molecule has 4 heteroatoms. The third-order valence-electron chi connectivity index (χ3n) is 2.34. The summed E-state index contributed by atoms with van der Waals surface area (Å²) in [6, 6.07) is 11.2. The molecule has 0 bridgehead atoms. The zero-order valence-electron chi connectivity index (χ0n) is 9.11. The van der Waals surface area contributed by atoms with Crippen LogP contribution in [0.15, 0.2) is 53.3 Å². The van der Waals surface area contributed by atoms with Gasteiger partial charge < -0.3 is 5.32 Å². The van der Waals surface area contributed by atoms with Crippen LogP contribution >= 0.6 is 15.9 Å². The Bertz CT molecular complexity index is 514. The summed E-state index contributed by atoms with van der Waals surface area (Å²) in [7, 11) is 0. The average molecular weight is 292 g/mol. The van der Waals surface area contributed by atoms with E-state index in [4.69, 9.17) is 0 Å². The molecule has 2 N–H and O–H groups in total. The summed E-state index contributed by atoms with van der Waals surface area (Å²) in [5, 5.41) is 2.87. The number of benzene rings is 1. The fourth-order valence-electron chi connectivity index (χ4n) is 1.46. The minimum Gasteiger partial charge on any atom is -0.348 e. The Morgan fingerprint density at radius 2 is 2.06 bits per heavy atom. The van der Waals surface area contributed by atoms with E-state index in [0.717, 1.165) is 10.0 Å². The Kier molecular flexibility index (Phi) is 3.88. The van der Waals surface area contributed by atoms with Crippen molar-refractivity contribution < 1.29 is 9.78 Å². The van der Waals surface area contributed by atoms with E-state index in [-0.39, 0.29) is 5.91 Å². The van der Waals surface area contributed by atoms with Gasteiger partial charge in [-0.3, -0.25) is 4.79 Å². The number of hydrogen-bond acceptors (Lipinski definition) is 1. The molecule has 2 aromatic rings. The Hall–Kier alpha value is -1.68. The topological polar surface area (TPSA) is 43.2 Å². The first kappa shape index (κ1) is 11.8. The predicted molar refractivity (Wildman–Crippen MR) is 68.3 cm³/mol. The van der Waals surface area contributed by atoms with Gasteiger partial charge in [0.15, 0.2) is 12.4 Å². The number of halogens is 1. The minimum absolute atomic E-state index is 0.0821. The lowest BCUT2D eigenvalue weighted by atomic mass is 10.2. The molecule has 1 heterocycles. The maximum atomic E-state index is 11.9. The first-order chi connectivity index (χ1) is 8.27. The highest BCUT2D eigenvalue weighted by Gasteiger charge is 2.08. The van der Waals surface area contributed by atoms with Crippen molar-refractivity contribution in [2.75, 3.05) is 0 Å². The highest BCUT2D eigenvalue weighted by Crippen LogP contribution is 2.15. The van der Waals surface area contributed by atoms with E-state index in [1.165, 1.54) is 0 Å². The standard InChI is InChI=1S/C13H11BrN2O/c14-12-6-2-1-5-11(12)13(17)16-9-10-4-3-7-15-8-10/h1-8H,9H2,(H,16,17)/p+1. The molecule has 0 spiro atoms. The summed E-state index contributed by atoms with van der Waals surface area (Å²) in [6.07, 6.45) is 3.69. The molecule has 1 aromatic heterocycles. The lowest BCUT2D eigenvalue weighted by Gasteiger charge is -2.05.